The van der Waals surface area contributed by atoms with E-state index in [1.54, 1.807) is 30.5 Å². The van der Waals surface area contributed by atoms with Gasteiger partial charge in [-0.1, -0.05) is 36.0 Å². The molecule has 7 heteroatoms. The second kappa shape index (κ2) is 9.64. The number of nitrogens with zero attached hydrogens (tertiary/aromatic N) is 2. The number of carbonyl (C=O) groups is 1. The van der Waals surface area contributed by atoms with Gasteiger partial charge in [-0.2, -0.15) is 5.10 Å². The fraction of sp³-hybridized carbons (Fsp3) is 0. The highest BCUT2D eigenvalue weighted by Crippen LogP contribution is 2.33. The van der Waals surface area contributed by atoms with E-state index in [9.17, 15) is 9.90 Å². The Hall–Kier alpha value is -4.36. The number of hydrogen-bond donors (Lipinski definition) is 3. The highest BCUT2D eigenvalue weighted by molar-refractivity contribution is 7.99. The number of rotatable bonds is 6. The molecule has 0 fully saturated rings. The first kappa shape index (κ1) is 21.5. The molecule has 166 valence electrons. The van der Waals surface area contributed by atoms with Gasteiger partial charge in [0.05, 0.1) is 22.5 Å². The minimum absolute atomic E-state index is 0.0996. The third-order valence-corrected chi connectivity index (χ3v) is 6.19. The minimum Gasteiger partial charge on any atom is -0.508 e. The van der Waals surface area contributed by atoms with Crippen LogP contribution in [0.4, 0.5) is 5.69 Å². The Labute approximate surface area is 200 Å². The van der Waals surface area contributed by atoms with Crippen molar-refractivity contribution in [3.63, 3.8) is 0 Å². The lowest BCUT2D eigenvalue weighted by Gasteiger charge is -2.10. The van der Waals surface area contributed by atoms with Crippen LogP contribution in [0.25, 0.3) is 23.1 Å². The van der Waals surface area contributed by atoms with E-state index in [4.69, 9.17) is 0 Å². The third kappa shape index (κ3) is 4.84. The van der Waals surface area contributed by atoms with Crippen LogP contribution in [0.1, 0.15) is 21.7 Å². The van der Waals surface area contributed by atoms with Gasteiger partial charge in [-0.25, -0.2) is 0 Å². The van der Waals surface area contributed by atoms with Crippen molar-refractivity contribution in [2.24, 2.45) is 0 Å². The Bertz CT molecular complexity index is 1500. The van der Waals surface area contributed by atoms with Crippen LogP contribution in [0, 0.1) is 0 Å². The lowest BCUT2D eigenvalue weighted by molar-refractivity contribution is 0.102. The number of amides is 1. The molecule has 0 saturated carbocycles. The van der Waals surface area contributed by atoms with Crippen molar-refractivity contribution in [2.45, 2.75) is 9.79 Å². The van der Waals surface area contributed by atoms with Crippen LogP contribution in [-0.4, -0.2) is 26.2 Å². The molecule has 0 radical (unpaired) electrons. The maximum atomic E-state index is 12.9. The van der Waals surface area contributed by atoms with E-state index in [0.717, 1.165) is 32.1 Å². The number of pyridine rings is 1. The molecule has 3 N–H and O–H groups in total. The number of aromatic hydroxyl groups is 1. The summed E-state index contributed by atoms with van der Waals surface area (Å²) in [6.07, 6.45) is 5.63. The number of fused-ring (bicyclic) bond motifs is 1. The second-order valence-corrected chi connectivity index (χ2v) is 8.62. The zero-order valence-electron chi connectivity index (χ0n) is 18.0. The maximum absolute atomic E-state index is 12.9. The first-order chi connectivity index (χ1) is 16.7. The van der Waals surface area contributed by atoms with Crippen molar-refractivity contribution in [3.05, 3.63) is 108 Å². The summed E-state index contributed by atoms with van der Waals surface area (Å²) in [5.41, 5.74) is 3.70. The van der Waals surface area contributed by atoms with Gasteiger partial charge in [0.25, 0.3) is 5.91 Å². The van der Waals surface area contributed by atoms with Crippen LogP contribution >= 0.6 is 11.8 Å². The average Bonchev–Trinajstić information content (AvgIpc) is 3.26. The highest BCUT2D eigenvalue weighted by atomic mass is 32.2. The van der Waals surface area contributed by atoms with Crippen LogP contribution in [0.5, 0.6) is 5.75 Å². The molecule has 6 nitrogen and oxygen atoms in total. The molecule has 0 saturated heterocycles. The molecule has 1 amide bonds. The summed E-state index contributed by atoms with van der Waals surface area (Å²) in [7, 11) is 0. The summed E-state index contributed by atoms with van der Waals surface area (Å²) in [6.45, 7) is 0. The zero-order valence-corrected chi connectivity index (χ0v) is 18.8. The summed E-state index contributed by atoms with van der Waals surface area (Å²) >= 11 is 1.50. The summed E-state index contributed by atoms with van der Waals surface area (Å²) in [6, 6.07) is 25.8. The van der Waals surface area contributed by atoms with Gasteiger partial charge >= 0.3 is 0 Å². The predicted octanol–water partition coefficient (Wildman–Crippen LogP) is 6.24. The number of nitrogens with one attached hydrogen (secondary N) is 2. The van der Waals surface area contributed by atoms with Gasteiger partial charge in [-0.05, 0) is 66.7 Å². The predicted molar refractivity (Wildman–Crippen MR) is 136 cm³/mol. The van der Waals surface area contributed by atoms with Gasteiger partial charge in [0, 0.05) is 33.1 Å². The minimum atomic E-state index is -0.238. The van der Waals surface area contributed by atoms with E-state index in [0.29, 0.717) is 11.3 Å². The Morgan fingerprint density at radius 3 is 2.68 bits per heavy atom. The number of phenolic OH excluding ortho intramolecular Hbond substituents is 1. The molecule has 0 unspecified atom stereocenters. The average molecular weight is 465 g/mol. The van der Waals surface area contributed by atoms with Gasteiger partial charge in [0.15, 0.2) is 0 Å². The van der Waals surface area contributed by atoms with Crippen LogP contribution in [0.2, 0.25) is 0 Å². The number of aromatic amines is 1. The fourth-order valence-corrected chi connectivity index (χ4v) is 4.49. The smallest absolute Gasteiger partial charge is 0.256 e. The Morgan fingerprint density at radius 2 is 1.82 bits per heavy atom. The number of hydrogen-bond acceptors (Lipinski definition) is 5. The van der Waals surface area contributed by atoms with Crippen molar-refractivity contribution in [1.82, 2.24) is 15.2 Å². The third-order valence-electron chi connectivity index (χ3n) is 5.13. The maximum Gasteiger partial charge on any atom is 0.256 e. The molecule has 2 heterocycles. The molecule has 34 heavy (non-hydrogen) atoms. The molecule has 0 bridgehead atoms. The summed E-state index contributed by atoms with van der Waals surface area (Å²) in [5, 5.41) is 21.0. The number of carbonyl (C=O) groups excluding carboxylic acids is 1. The van der Waals surface area contributed by atoms with Gasteiger partial charge in [-0.15, -0.1) is 0 Å². The van der Waals surface area contributed by atoms with Crippen molar-refractivity contribution in [1.29, 1.82) is 0 Å². The summed E-state index contributed by atoms with van der Waals surface area (Å²) in [5.74, 6) is -0.138. The standard InChI is InChI=1S/C27H20N4O2S/c32-20-8-5-7-19(16-20)29-27(33)23-9-1-2-10-26(23)34-21-12-13-22-24(30-31-25(22)17-21)14-11-18-6-3-4-15-28-18/h1-17,32H,(H,29,33)(H,30,31)/b14-11+. The molecule has 0 spiro atoms. The van der Waals surface area contributed by atoms with Crippen LogP contribution in [-0.2, 0) is 0 Å². The fourth-order valence-electron chi connectivity index (χ4n) is 3.50. The topological polar surface area (TPSA) is 90.9 Å². The molecule has 5 rings (SSSR count). The van der Waals surface area contributed by atoms with Crippen molar-refractivity contribution in [3.8, 4) is 5.75 Å². The molecule has 0 atom stereocenters. The van der Waals surface area contributed by atoms with E-state index in [-0.39, 0.29) is 11.7 Å². The first-order valence-corrected chi connectivity index (χ1v) is 11.4. The van der Waals surface area contributed by atoms with Gasteiger partial charge in [0.1, 0.15) is 5.75 Å². The quantitative estimate of drug-likeness (QED) is 0.277. The Balaban J connectivity index is 1.36. The molecule has 0 aliphatic rings. The van der Waals surface area contributed by atoms with E-state index < -0.39 is 0 Å². The molecule has 2 aromatic heterocycles. The van der Waals surface area contributed by atoms with E-state index >= 15 is 0 Å². The van der Waals surface area contributed by atoms with Crippen LogP contribution < -0.4 is 5.32 Å². The van der Waals surface area contributed by atoms with Crippen molar-refractivity contribution < 1.29 is 9.90 Å². The number of aromatic nitrogens is 3. The van der Waals surface area contributed by atoms with Crippen molar-refractivity contribution in [2.75, 3.05) is 5.32 Å². The van der Waals surface area contributed by atoms with E-state index in [1.165, 1.54) is 17.8 Å². The number of phenols is 1. The number of H-pyrrole nitrogens is 1. The highest BCUT2D eigenvalue weighted by Gasteiger charge is 2.13. The lowest BCUT2D eigenvalue weighted by atomic mass is 10.2. The molecule has 0 aliphatic carbocycles. The normalized spacial score (nSPS) is 11.2. The van der Waals surface area contributed by atoms with Gasteiger partial charge in [0.2, 0.25) is 0 Å². The Morgan fingerprint density at radius 1 is 0.941 bits per heavy atom. The SMILES string of the molecule is O=C(Nc1cccc(O)c1)c1ccccc1Sc1ccc2c(/C=C/c3ccccn3)n[nH]c2c1. The second-order valence-electron chi connectivity index (χ2n) is 7.51. The molecule has 3 aromatic carbocycles. The molecule has 5 aromatic rings. The van der Waals surface area contributed by atoms with Crippen molar-refractivity contribution >= 4 is 46.4 Å². The van der Waals surface area contributed by atoms with Gasteiger partial charge in [-0.3, -0.25) is 14.9 Å². The molecular weight excluding hydrogens is 444 g/mol. The van der Waals surface area contributed by atoms with Crippen LogP contribution in [0.15, 0.2) is 101 Å². The lowest BCUT2D eigenvalue weighted by Crippen LogP contribution is -2.12. The summed E-state index contributed by atoms with van der Waals surface area (Å²) in [4.78, 5) is 19.0. The van der Waals surface area contributed by atoms with E-state index in [2.05, 4.69) is 20.5 Å². The van der Waals surface area contributed by atoms with E-state index in [1.807, 2.05) is 66.7 Å². The zero-order chi connectivity index (χ0) is 23.3. The number of anilines is 1. The first-order valence-electron chi connectivity index (χ1n) is 10.6. The van der Waals surface area contributed by atoms with Gasteiger partial charge < -0.3 is 10.4 Å². The molecular formula is C27H20N4O2S. The number of benzene rings is 3. The molecule has 0 aliphatic heterocycles. The largest absolute Gasteiger partial charge is 0.508 e. The van der Waals surface area contributed by atoms with Crippen LogP contribution in [0.3, 0.4) is 0 Å². The Kier molecular flexibility index (Phi) is 6.09. The monoisotopic (exact) mass is 464 g/mol. The summed E-state index contributed by atoms with van der Waals surface area (Å²) < 4.78 is 0.